The van der Waals surface area contributed by atoms with Gasteiger partial charge in [0.15, 0.2) is 5.82 Å². The molecule has 1 aromatic carbocycles. The maximum absolute atomic E-state index is 13.0. The van der Waals surface area contributed by atoms with Gasteiger partial charge in [-0.3, -0.25) is 0 Å². The SMILES string of the molecule is O[B]Oc1ccc(Br)c(Cl)c1F. The number of halogens is 3. The topological polar surface area (TPSA) is 29.5 Å². The molecule has 0 amide bonds. The Labute approximate surface area is 82.7 Å². The van der Waals surface area contributed by atoms with Crippen LogP contribution in [0.2, 0.25) is 5.02 Å². The monoisotopic (exact) mass is 251 g/mol. The third-order valence-corrected chi connectivity index (χ3v) is 2.44. The molecule has 1 radical (unpaired) electrons. The van der Waals surface area contributed by atoms with Gasteiger partial charge in [0.25, 0.3) is 0 Å². The second-order valence-corrected chi connectivity index (χ2v) is 3.13. The van der Waals surface area contributed by atoms with Gasteiger partial charge in [0.1, 0.15) is 5.75 Å². The van der Waals surface area contributed by atoms with Gasteiger partial charge in [-0.15, -0.1) is 0 Å². The van der Waals surface area contributed by atoms with Crippen molar-refractivity contribution in [3.8, 4) is 5.75 Å². The maximum atomic E-state index is 13.0. The van der Waals surface area contributed by atoms with Gasteiger partial charge in [0.05, 0.1) is 5.02 Å². The van der Waals surface area contributed by atoms with Crippen LogP contribution < -0.4 is 4.65 Å². The molecular weight excluding hydrogens is 249 g/mol. The summed E-state index contributed by atoms with van der Waals surface area (Å²) >= 11 is 8.55. The summed E-state index contributed by atoms with van der Waals surface area (Å²) in [7, 11) is 0.392. The third kappa shape index (κ3) is 1.91. The van der Waals surface area contributed by atoms with E-state index in [1.165, 1.54) is 12.1 Å². The largest absolute Gasteiger partial charge is 0.569 e. The Morgan fingerprint density at radius 2 is 2.25 bits per heavy atom. The van der Waals surface area contributed by atoms with Crippen molar-refractivity contribution in [2.24, 2.45) is 0 Å². The highest BCUT2D eigenvalue weighted by Crippen LogP contribution is 2.31. The molecule has 0 saturated heterocycles. The Morgan fingerprint density at radius 1 is 1.58 bits per heavy atom. The lowest BCUT2D eigenvalue weighted by Gasteiger charge is -2.04. The van der Waals surface area contributed by atoms with Crippen LogP contribution in [0.15, 0.2) is 16.6 Å². The van der Waals surface area contributed by atoms with Gasteiger partial charge in [0.2, 0.25) is 0 Å². The van der Waals surface area contributed by atoms with E-state index in [0.717, 1.165) is 0 Å². The summed E-state index contributed by atoms with van der Waals surface area (Å²) in [6.07, 6.45) is 0. The van der Waals surface area contributed by atoms with Gasteiger partial charge < -0.3 is 9.68 Å². The second-order valence-electron chi connectivity index (χ2n) is 1.90. The van der Waals surface area contributed by atoms with Crippen molar-refractivity contribution in [1.29, 1.82) is 0 Å². The average Bonchev–Trinajstić information content (AvgIpc) is 2.07. The second kappa shape index (κ2) is 4.12. The smallest absolute Gasteiger partial charge is 0.535 e. The van der Waals surface area contributed by atoms with Crippen LogP contribution >= 0.6 is 27.5 Å². The van der Waals surface area contributed by atoms with E-state index in [4.69, 9.17) is 16.6 Å². The molecule has 0 spiro atoms. The zero-order valence-electron chi connectivity index (χ0n) is 5.72. The number of hydrogen-bond donors (Lipinski definition) is 1. The summed E-state index contributed by atoms with van der Waals surface area (Å²) < 4.78 is 17.9. The summed E-state index contributed by atoms with van der Waals surface area (Å²) in [5, 5.41) is 8.16. The van der Waals surface area contributed by atoms with Gasteiger partial charge in [-0.05, 0) is 28.1 Å². The van der Waals surface area contributed by atoms with Crippen LogP contribution in [0, 0.1) is 5.82 Å². The van der Waals surface area contributed by atoms with Gasteiger partial charge in [0, 0.05) is 4.47 Å². The first-order chi connectivity index (χ1) is 5.66. The van der Waals surface area contributed by atoms with E-state index in [-0.39, 0.29) is 10.8 Å². The summed E-state index contributed by atoms with van der Waals surface area (Å²) in [5.74, 6) is -0.831. The quantitative estimate of drug-likeness (QED) is 0.645. The van der Waals surface area contributed by atoms with Crippen molar-refractivity contribution in [2.75, 3.05) is 0 Å². The lowest BCUT2D eigenvalue weighted by molar-refractivity contribution is 0.431. The molecular formula is C6H3BBrClFO2. The predicted molar refractivity (Wildman–Crippen MR) is 47.7 cm³/mol. The Bertz CT molecular complexity index is 297. The molecule has 0 aromatic heterocycles. The first-order valence-electron chi connectivity index (χ1n) is 2.93. The van der Waals surface area contributed by atoms with E-state index in [1.54, 1.807) is 0 Å². The highest BCUT2D eigenvalue weighted by atomic mass is 79.9. The van der Waals surface area contributed by atoms with Crippen molar-refractivity contribution in [2.45, 2.75) is 0 Å². The molecule has 1 N–H and O–H groups in total. The molecule has 2 nitrogen and oxygen atoms in total. The van der Waals surface area contributed by atoms with Gasteiger partial charge in [-0.1, -0.05) is 11.6 Å². The minimum absolute atomic E-state index is 0.0747. The molecule has 0 heterocycles. The molecule has 0 aliphatic heterocycles. The number of rotatable bonds is 2. The third-order valence-electron chi connectivity index (χ3n) is 1.18. The zero-order valence-corrected chi connectivity index (χ0v) is 8.06. The molecule has 0 aliphatic carbocycles. The van der Waals surface area contributed by atoms with E-state index < -0.39 is 5.82 Å². The van der Waals surface area contributed by atoms with Gasteiger partial charge in [-0.25, -0.2) is 4.39 Å². The average molecular weight is 252 g/mol. The Kier molecular flexibility index (Phi) is 3.37. The Balaban J connectivity index is 3.08. The molecule has 0 aliphatic rings. The van der Waals surface area contributed by atoms with Gasteiger partial charge >= 0.3 is 7.69 Å². The molecule has 12 heavy (non-hydrogen) atoms. The van der Waals surface area contributed by atoms with E-state index in [2.05, 4.69) is 20.6 Å². The van der Waals surface area contributed by atoms with Crippen molar-refractivity contribution in [3.05, 3.63) is 27.4 Å². The van der Waals surface area contributed by atoms with Crippen LogP contribution in [0.25, 0.3) is 0 Å². The van der Waals surface area contributed by atoms with Crippen molar-refractivity contribution in [3.63, 3.8) is 0 Å². The minimum atomic E-state index is -0.712. The molecule has 0 fully saturated rings. The van der Waals surface area contributed by atoms with Crippen LogP contribution in [0.3, 0.4) is 0 Å². The summed E-state index contributed by atoms with van der Waals surface area (Å²) in [6.45, 7) is 0. The fourth-order valence-electron chi connectivity index (χ4n) is 0.656. The van der Waals surface area contributed by atoms with E-state index in [0.29, 0.717) is 12.2 Å². The maximum Gasteiger partial charge on any atom is 0.569 e. The van der Waals surface area contributed by atoms with E-state index in [9.17, 15) is 4.39 Å². The standard InChI is InChI=1S/C6H3BBrClFO2/c8-3-1-2-4(12-7-11)6(10)5(3)9/h1-2,11H. The summed E-state index contributed by atoms with van der Waals surface area (Å²) in [5.41, 5.74) is 0. The van der Waals surface area contributed by atoms with Crippen LogP contribution in [0.4, 0.5) is 4.39 Å². The molecule has 6 heteroatoms. The minimum Gasteiger partial charge on any atom is -0.535 e. The molecule has 0 saturated carbocycles. The fourth-order valence-corrected chi connectivity index (χ4v) is 1.12. The number of benzene rings is 1. The molecule has 1 aromatic rings. The van der Waals surface area contributed by atoms with Crippen LogP contribution in [-0.2, 0) is 0 Å². The Hall–Kier alpha value is -0.255. The van der Waals surface area contributed by atoms with Gasteiger partial charge in [-0.2, -0.15) is 0 Å². The van der Waals surface area contributed by atoms with Crippen LogP contribution in [0.5, 0.6) is 5.75 Å². The molecule has 0 unspecified atom stereocenters. The highest BCUT2D eigenvalue weighted by molar-refractivity contribution is 9.10. The van der Waals surface area contributed by atoms with Crippen molar-refractivity contribution >= 4 is 35.2 Å². The molecule has 0 atom stereocenters. The fraction of sp³-hybridized carbons (Fsp3) is 0. The normalized spacial score (nSPS) is 9.67. The van der Waals surface area contributed by atoms with Crippen molar-refractivity contribution < 1.29 is 14.1 Å². The first-order valence-corrected chi connectivity index (χ1v) is 4.10. The van der Waals surface area contributed by atoms with Crippen LogP contribution in [-0.4, -0.2) is 12.7 Å². The molecule has 63 valence electrons. The van der Waals surface area contributed by atoms with Crippen molar-refractivity contribution in [1.82, 2.24) is 0 Å². The van der Waals surface area contributed by atoms with Crippen LogP contribution in [0.1, 0.15) is 0 Å². The number of hydrogen-bond acceptors (Lipinski definition) is 2. The molecule has 0 bridgehead atoms. The first kappa shape index (κ1) is 9.83. The highest BCUT2D eigenvalue weighted by Gasteiger charge is 2.10. The molecule has 1 rings (SSSR count). The summed E-state index contributed by atoms with van der Waals surface area (Å²) in [4.78, 5) is 0. The predicted octanol–water partition coefficient (Wildman–Crippen LogP) is 2.15. The summed E-state index contributed by atoms with van der Waals surface area (Å²) in [6, 6.07) is 2.86. The van der Waals surface area contributed by atoms with E-state index >= 15 is 0 Å². The lowest BCUT2D eigenvalue weighted by atomic mass is 10.3. The van der Waals surface area contributed by atoms with E-state index in [1.807, 2.05) is 0 Å². The Morgan fingerprint density at radius 3 is 2.83 bits per heavy atom. The lowest BCUT2D eigenvalue weighted by Crippen LogP contribution is -2.01. The zero-order chi connectivity index (χ0) is 9.14.